The topological polar surface area (TPSA) is 62.5 Å². The van der Waals surface area contributed by atoms with Crippen LogP contribution < -0.4 is 0 Å². The predicted molar refractivity (Wildman–Crippen MR) is 97.0 cm³/mol. The third kappa shape index (κ3) is 2.83. The lowest BCUT2D eigenvalue weighted by Gasteiger charge is -2.15. The van der Waals surface area contributed by atoms with Crippen LogP contribution in [0, 0.1) is 13.8 Å². The third-order valence-corrected chi connectivity index (χ3v) is 4.51. The molecular formula is C19H16BrNO3. The van der Waals surface area contributed by atoms with E-state index in [0.717, 1.165) is 21.5 Å². The quantitative estimate of drug-likeness (QED) is 0.671. The summed E-state index contributed by atoms with van der Waals surface area (Å²) in [4.78, 5) is 11.4. The number of aromatic hydroxyl groups is 1. The molecule has 122 valence electrons. The maximum atomic E-state index is 11.4. The minimum Gasteiger partial charge on any atom is -0.507 e. The van der Waals surface area contributed by atoms with Crippen LogP contribution in [0.1, 0.15) is 21.6 Å². The molecule has 24 heavy (non-hydrogen) atoms. The van der Waals surface area contributed by atoms with E-state index in [-0.39, 0.29) is 11.3 Å². The van der Waals surface area contributed by atoms with E-state index in [1.165, 1.54) is 0 Å². The number of benzene rings is 2. The van der Waals surface area contributed by atoms with Crippen molar-refractivity contribution in [2.24, 2.45) is 0 Å². The van der Waals surface area contributed by atoms with Crippen molar-refractivity contribution in [3.8, 4) is 22.7 Å². The Bertz CT molecular complexity index is 944. The lowest BCUT2D eigenvalue weighted by atomic mass is 10.1. The summed E-state index contributed by atoms with van der Waals surface area (Å²) in [7, 11) is 0. The number of nitrogens with zero attached hydrogens (tertiary/aromatic N) is 1. The van der Waals surface area contributed by atoms with E-state index in [2.05, 4.69) is 15.9 Å². The largest absolute Gasteiger partial charge is 0.507 e. The van der Waals surface area contributed by atoms with E-state index < -0.39 is 5.97 Å². The average Bonchev–Trinajstić information content (AvgIpc) is 2.91. The van der Waals surface area contributed by atoms with Gasteiger partial charge >= 0.3 is 5.97 Å². The molecule has 0 radical (unpaired) electrons. The fraction of sp³-hybridized carbons (Fsp3) is 0.105. The smallest absolute Gasteiger partial charge is 0.336 e. The van der Waals surface area contributed by atoms with Crippen molar-refractivity contribution in [1.29, 1.82) is 0 Å². The number of phenolic OH excluding ortho intramolecular Hbond substituents is 1. The minimum atomic E-state index is -0.953. The Morgan fingerprint density at radius 3 is 2.50 bits per heavy atom. The molecule has 1 aromatic heterocycles. The Morgan fingerprint density at radius 1 is 1.04 bits per heavy atom. The van der Waals surface area contributed by atoms with E-state index in [4.69, 9.17) is 0 Å². The minimum absolute atomic E-state index is 0.170. The molecule has 0 atom stereocenters. The standard InChI is InChI=1S/C19H16BrNO3/c1-11-3-6-14(10-15(11)19(23)24)21-12(2)4-7-17(21)16-9-13(20)5-8-18(16)22/h3-10,22H,1-2H3,(H,23,24). The SMILES string of the molecule is Cc1ccc(-n2c(C)ccc2-c2cc(Br)ccc2O)cc1C(=O)O. The zero-order valence-electron chi connectivity index (χ0n) is 13.2. The van der Waals surface area contributed by atoms with E-state index >= 15 is 0 Å². The second-order valence-corrected chi connectivity index (χ2v) is 6.58. The van der Waals surface area contributed by atoms with Crippen LogP contribution in [-0.4, -0.2) is 20.7 Å². The highest BCUT2D eigenvalue weighted by Crippen LogP contribution is 2.35. The molecule has 0 aliphatic heterocycles. The van der Waals surface area contributed by atoms with Gasteiger partial charge in [-0.3, -0.25) is 0 Å². The molecule has 0 saturated heterocycles. The van der Waals surface area contributed by atoms with Gasteiger partial charge in [0.2, 0.25) is 0 Å². The normalized spacial score (nSPS) is 10.8. The van der Waals surface area contributed by atoms with Gasteiger partial charge in [-0.25, -0.2) is 4.79 Å². The monoisotopic (exact) mass is 385 g/mol. The molecule has 2 aromatic carbocycles. The fourth-order valence-electron chi connectivity index (χ4n) is 2.78. The summed E-state index contributed by atoms with van der Waals surface area (Å²) in [6.07, 6.45) is 0. The Kier molecular flexibility index (Phi) is 4.20. The van der Waals surface area contributed by atoms with Gasteiger partial charge in [-0.15, -0.1) is 0 Å². The molecule has 4 nitrogen and oxygen atoms in total. The summed E-state index contributed by atoms with van der Waals surface area (Å²) in [5.74, 6) is -0.783. The van der Waals surface area contributed by atoms with Gasteiger partial charge in [0.1, 0.15) is 5.75 Å². The van der Waals surface area contributed by atoms with E-state index in [1.807, 2.05) is 35.8 Å². The first-order chi connectivity index (χ1) is 11.4. The first-order valence-corrected chi connectivity index (χ1v) is 8.19. The van der Waals surface area contributed by atoms with Crippen LogP contribution in [-0.2, 0) is 0 Å². The Labute approximate surface area is 148 Å². The summed E-state index contributed by atoms with van der Waals surface area (Å²) in [5.41, 5.74) is 4.15. The number of aromatic nitrogens is 1. The number of aryl methyl sites for hydroxylation is 2. The van der Waals surface area contributed by atoms with Gasteiger partial charge in [-0.1, -0.05) is 22.0 Å². The highest BCUT2D eigenvalue weighted by Gasteiger charge is 2.15. The molecule has 0 unspecified atom stereocenters. The number of hydrogen-bond donors (Lipinski definition) is 2. The zero-order chi connectivity index (χ0) is 17.4. The number of carboxylic acid groups (broad SMARTS) is 1. The Hall–Kier alpha value is -2.53. The van der Waals surface area contributed by atoms with Gasteiger partial charge < -0.3 is 14.8 Å². The Morgan fingerprint density at radius 2 is 1.79 bits per heavy atom. The van der Waals surface area contributed by atoms with Gasteiger partial charge in [-0.2, -0.15) is 0 Å². The van der Waals surface area contributed by atoms with Crippen molar-refractivity contribution in [1.82, 2.24) is 4.57 Å². The lowest BCUT2D eigenvalue weighted by molar-refractivity contribution is 0.0696. The fourth-order valence-corrected chi connectivity index (χ4v) is 3.15. The molecule has 0 aliphatic rings. The third-order valence-electron chi connectivity index (χ3n) is 4.02. The summed E-state index contributed by atoms with van der Waals surface area (Å²) >= 11 is 3.42. The number of rotatable bonds is 3. The molecule has 0 amide bonds. The number of hydrogen-bond acceptors (Lipinski definition) is 2. The van der Waals surface area contributed by atoms with Crippen LogP contribution in [0.5, 0.6) is 5.75 Å². The van der Waals surface area contributed by atoms with Gasteiger partial charge in [0, 0.05) is 21.4 Å². The molecule has 3 aromatic rings. The highest BCUT2D eigenvalue weighted by atomic mass is 79.9. The van der Waals surface area contributed by atoms with Gasteiger partial charge in [0.15, 0.2) is 0 Å². The second kappa shape index (κ2) is 6.17. The number of carboxylic acids is 1. The second-order valence-electron chi connectivity index (χ2n) is 5.66. The summed E-state index contributed by atoms with van der Waals surface area (Å²) in [6.45, 7) is 3.72. The van der Waals surface area contributed by atoms with Crippen molar-refractivity contribution >= 4 is 21.9 Å². The summed E-state index contributed by atoms with van der Waals surface area (Å²) in [6, 6.07) is 14.4. The first kappa shape index (κ1) is 16.3. The van der Waals surface area contributed by atoms with Crippen LogP contribution in [0.2, 0.25) is 0 Å². The molecule has 0 bridgehead atoms. The first-order valence-electron chi connectivity index (χ1n) is 7.40. The molecule has 0 spiro atoms. The van der Waals surface area contributed by atoms with E-state index in [0.29, 0.717) is 11.1 Å². The molecule has 0 fully saturated rings. The number of phenols is 1. The molecule has 1 heterocycles. The van der Waals surface area contributed by atoms with Crippen molar-refractivity contribution in [3.63, 3.8) is 0 Å². The van der Waals surface area contributed by atoms with Crippen molar-refractivity contribution < 1.29 is 15.0 Å². The van der Waals surface area contributed by atoms with Gasteiger partial charge in [0.05, 0.1) is 11.3 Å². The maximum absolute atomic E-state index is 11.4. The lowest BCUT2D eigenvalue weighted by Crippen LogP contribution is -2.04. The van der Waals surface area contributed by atoms with Crippen LogP contribution >= 0.6 is 15.9 Å². The van der Waals surface area contributed by atoms with Crippen LogP contribution in [0.3, 0.4) is 0 Å². The summed E-state index contributed by atoms with van der Waals surface area (Å²) < 4.78 is 2.80. The highest BCUT2D eigenvalue weighted by molar-refractivity contribution is 9.10. The van der Waals surface area contributed by atoms with Crippen LogP contribution in [0.25, 0.3) is 16.9 Å². The molecule has 3 rings (SSSR count). The predicted octanol–water partition coefficient (Wildman–Crippen LogP) is 4.93. The number of halogens is 1. The molecule has 5 heteroatoms. The molecule has 0 aliphatic carbocycles. The van der Waals surface area contributed by atoms with Crippen molar-refractivity contribution in [2.45, 2.75) is 13.8 Å². The van der Waals surface area contributed by atoms with Crippen LogP contribution in [0.4, 0.5) is 0 Å². The summed E-state index contributed by atoms with van der Waals surface area (Å²) in [5, 5.41) is 19.6. The van der Waals surface area contributed by atoms with Crippen molar-refractivity contribution in [2.75, 3.05) is 0 Å². The molecular weight excluding hydrogens is 370 g/mol. The number of carbonyl (C=O) groups is 1. The maximum Gasteiger partial charge on any atom is 0.336 e. The Balaban J connectivity index is 2.24. The molecule has 0 saturated carbocycles. The van der Waals surface area contributed by atoms with Crippen molar-refractivity contribution in [3.05, 3.63) is 69.8 Å². The molecule has 2 N–H and O–H groups in total. The average molecular weight is 386 g/mol. The number of aromatic carboxylic acids is 1. The zero-order valence-corrected chi connectivity index (χ0v) is 14.8. The van der Waals surface area contributed by atoms with Gasteiger partial charge in [0.25, 0.3) is 0 Å². The van der Waals surface area contributed by atoms with Gasteiger partial charge in [-0.05, 0) is 61.9 Å². The van der Waals surface area contributed by atoms with E-state index in [9.17, 15) is 15.0 Å². The van der Waals surface area contributed by atoms with E-state index in [1.54, 1.807) is 31.2 Å². The van der Waals surface area contributed by atoms with Crippen LogP contribution in [0.15, 0.2) is 53.0 Å².